The molecule has 0 saturated heterocycles. The maximum absolute atomic E-state index is 12.5. The number of carbonyl (C=O) groups excluding carboxylic acids is 2. The summed E-state index contributed by atoms with van der Waals surface area (Å²) in [7, 11) is 1.62. The highest BCUT2D eigenvalue weighted by molar-refractivity contribution is 5.99. The Balaban J connectivity index is 2.19. The summed E-state index contributed by atoms with van der Waals surface area (Å²) < 4.78 is 0. The van der Waals surface area contributed by atoms with Crippen LogP contribution in [0.3, 0.4) is 0 Å². The summed E-state index contributed by atoms with van der Waals surface area (Å²) in [5.74, 6) is -0.738. The average molecular weight is 327 g/mol. The summed E-state index contributed by atoms with van der Waals surface area (Å²) in [6.45, 7) is 2.86. The van der Waals surface area contributed by atoms with Crippen molar-refractivity contribution in [3.8, 4) is 0 Å². The number of hydrogen-bond acceptors (Lipinski definition) is 3. The van der Waals surface area contributed by atoms with Crippen LogP contribution in [0.5, 0.6) is 0 Å². The minimum Gasteiger partial charge on any atom is -0.352 e. The number of rotatable bonds is 6. The Bertz CT molecular complexity index is 769. The standard InChI is InChI=1S/C18H21N3O3/c1-3-9-19-16(22)14-10-15(17(23)20-11-14)18(24)21(2)12-13-7-5-4-6-8-13/h4-8,10-11H,3,9,12H2,1-2H3,(H,19,22)(H,20,23). The predicted octanol–water partition coefficient (Wildman–Crippen LogP) is 1.79. The Morgan fingerprint density at radius 2 is 1.92 bits per heavy atom. The second-order valence-corrected chi connectivity index (χ2v) is 5.53. The molecule has 0 aliphatic carbocycles. The Kier molecular flexibility index (Phi) is 5.89. The van der Waals surface area contributed by atoms with E-state index in [1.54, 1.807) is 7.05 Å². The van der Waals surface area contributed by atoms with E-state index in [-0.39, 0.29) is 17.0 Å². The molecular formula is C18H21N3O3. The summed E-state index contributed by atoms with van der Waals surface area (Å²) >= 11 is 0. The number of aromatic nitrogens is 1. The molecule has 2 N–H and O–H groups in total. The minimum absolute atomic E-state index is 0.0439. The number of aromatic amines is 1. The van der Waals surface area contributed by atoms with Gasteiger partial charge in [0.1, 0.15) is 5.56 Å². The Labute approximate surface area is 140 Å². The van der Waals surface area contributed by atoms with Crippen molar-refractivity contribution in [1.29, 1.82) is 0 Å². The van der Waals surface area contributed by atoms with Gasteiger partial charge in [-0.15, -0.1) is 0 Å². The summed E-state index contributed by atoms with van der Waals surface area (Å²) in [5.41, 5.74) is 0.672. The molecule has 2 rings (SSSR count). The van der Waals surface area contributed by atoms with Crippen LogP contribution >= 0.6 is 0 Å². The molecule has 2 aromatic rings. The molecule has 1 heterocycles. The zero-order chi connectivity index (χ0) is 17.5. The number of hydrogen-bond donors (Lipinski definition) is 2. The van der Waals surface area contributed by atoms with Gasteiger partial charge < -0.3 is 15.2 Å². The Hall–Kier alpha value is -2.89. The molecule has 1 aromatic heterocycles. The van der Waals surface area contributed by atoms with Gasteiger partial charge >= 0.3 is 0 Å². The molecule has 0 aliphatic heterocycles. The smallest absolute Gasteiger partial charge is 0.260 e. The van der Waals surface area contributed by atoms with E-state index >= 15 is 0 Å². The van der Waals surface area contributed by atoms with Crippen LogP contribution in [-0.4, -0.2) is 35.3 Å². The van der Waals surface area contributed by atoms with Crippen molar-refractivity contribution < 1.29 is 9.59 Å². The lowest BCUT2D eigenvalue weighted by Gasteiger charge is -2.17. The van der Waals surface area contributed by atoms with Gasteiger partial charge in [0.2, 0.25) is 0 Å². The second kappa shape index (κ2) is 8.10. The van der Waals surface area contributed by atoms with Crippen molar-refractivity contribution in [2.24, 2.45) is 0 Å². The van der Waals surface area contributed by atoms with E-state index in [1.807, 2.05) is 37.3 Å². The molecule has 6 nitrogen and oxygen atoms in total. The highest BCUT2D eigenvalue weighted by Crippen LogP contribution is 2.07. The minimum atomic E-state index is -0.507. The van der Waals surface area contributed by atoms with Crippen molar-refractivity contribution in [3.63, 3.8) is 0 Å². The van der Waals surface area contributed by atoms with E-state index in [0.717, 1.165) is 12.0 Å². The van der Waals surface area contributed by atoms with Crippen LogP contribution in [0.25, 0.3) is 0 Å². The van der Waals surface area contributed by atoms with Crippen LogP contribution in [0.15, 0.2) is 47.4 Å². The highest BCUT2D eigenvalue weighted by Gasteiger charge is 2.18. The summed E-state index contributed by atoms with van der Waals surface area (Å²) in [4.78, 5) is 40.4. The number of carbonyl (C=O) groups is 2. The number of benzene rings is 1. The predicted molar refractivity (Wildman–Crippen MR) is 91.9 cm³/mol. The zero-order valence-electron chi connectivity index (χ0n) is 13.8. The third-order valence-corrected chi connectivity index (χ3v) is 3.54. The molecule has 0 bridgehead atoms. The normalized spacial score (nSPS) is 10.2. The number of nitrogens with one attached hydrogen (secondary N) is 2. The van der Waals surface area contributed by atoms with Crippen LogP contribution in [0.1, 0.15) is 39.6 Å². The molecule has 0 fully saturated rings. The third-order valence-electron chi connectivity index (χ3n) is 3.54. The molecule has 1 aromatic carbocycles. The third kappa shape index (κ3) is 4.32. The van der Waals surface area contributed by atoms with E-state index in [0.29, 0.717) is 13.1 Å². The van der Waals surface area contributed by atoms with Gasteiger partial charge in [-0.25, -0.2) is 0 Å². The maximum Gasteiger partial charge on any atom is 0.260 e. The van der Waals surface area contributed by atoms with Gasteiger partial charge in [-0.2, -0.15) is 0 Å². The van der Waals surface area contributed by atoms with Gasteiger partial charge in [0.15, 0.2) is 0 Å². The summed E-state index contributed by atoms with van der Waals surface area (Å²) in [5, 5.41) is 2.72. The fourth-order valence-corrected chi connectivity index (χ4v) is 2.25. The first-order chi connectivity index (χ1) is 11.5. The zero-order valence-corrected chi connectivity index (χ0v) is 13.8. The van der Waals surface area contributed by atoms with E-state index < -0.39 is 11.5 Å². The fourth-order valence-electron chi connectivity index (χ4n) is 2.25. The van der Waals surface area contributed by atoms with Gasteiger partial charge in [0, 0.05) is 26.3 Å². The van der Waals surface area contributed by atoms with E-state index in [2.05, 4.69) is 10.3 Å². The first kappa shape index (κ1) is 17.5. The fraction of sp³-hybridized carbons (Fsp3) is 0.278. The molecule has 2 amide bonds. The summed E-state index contributed by atoms with van der Waals surface area (Å²) in [6, 6.07) is 10.8. The molecule has 0 radical (unpaired) electrons. The topological polar surface area (TPSA) is 82.3 Å². The van der Waals surface area contributed by atoms with Crippen LogP contribution in [-0.2, 0) is 6.54 Å². The van der Waals surface area contributed by atoms with Gasteiger partial charge in [-0.05, 0) is 18.1 Å². The molecule has 0 aliphatic rings. The Morgan fingerprint density at radius 3 is 2.58 bits per heavy atom. The SMILES string of the molecule is CCCNC(=O)c1c[nH]c(=O)c(C(=O)N(C)Cc2ccccc2)c1. The molecule has 126 valence electrons. The van der Waals surface area contributed by atoms with E-state index in [4.69, 9.17) is 0 Å². The molecule has 0 atom stereocenters. The van der Waals surface area contributed by atoms with Gasteiger partial charge in [-0.3, -0.25) is 14.4 Å². The number of amides is 2. The molecular weight excluding hydrogens is 306 g/mol. The number of nitrogens with zero attached hydrogens (tertiary/aromatic N) is 1. The first-order valence-electron chi connectivity index (χ1n) is 7.83. The highest BCUT2D eigenvalue weighted by atomic mass is 16.2. The lowest BCUT2D eigenvalue weighted by Crippen LogP contribution is -2.32. The number of pyridine rings is 1. The van der Waals surface area contributed by atoms with Crippen molar-refractivity contribution in [2.75, 3.05) is 13.6 Å². The van der Waals surface area contributed by atoms with Gasteiger partial charge in [0.05, 0.1) is 5.56 Å². The molecule has 24 heavy (non-hydrogen) atoms. The van der Waals surface area contributed by atoms with E-state index in [1.165, 1.54) is 17.2 Å². The van der Waals surface area contributed by atoms with Crippen LogP contribution in [0, 0.1) is 0 Å². The van der Waals surface area contributed by atoms with Crippen LogP contribution < -0.4 is 10.9 Å². The van der Waals surface area contributed by atoms with Gasteiger partial charge in [-0.1, -0.05) is 37.3 Å². The molecule has 0 saturated carbocycles. The van der Waals surface area contributed by atoms with E-state index in [9.17, 15) is 14.4 Å². The quantitative estimate of drug-likeness (QED) is 0.848. The van der Waals surface area contributed by atoms with Crippen molar-refractivity contribution in [3.05, 3.63) is 69.6 Å². The van der Waals surface area contributed by atoms with Gasteiger partial charge in [0.25, 0.3) is 17.4 Å². The molecule has 0 spiro atoms. The first-order valence-corrected chi connectivity index (χ1v) is 7.83. The Morgan fingerprint density at radius 1 is 1.21 bits per heavy atom. The van der Waals surface area contributed by atoms with Crippen molar-refractivity contribution in [1.82, 2.24) is 15.2 Å². The molecule has 6 heteroatoms. The lowest BCUT2D eigenvalue weighted by atomic mass is 10.1. The maximum atomic E-state index is 12.5. The van der Waals surface area contributed by atoms with Crippen LogP contribution in [0.2, 0.25) is 0 Å². The van der Waals surface area contributed by atoms with Crippen LogP contribution in [0.4, 0.5) is 0 Å². The lowest BCUT2D eigenvalue weighted by molar-refractivity contribution is 0.0783. The van der Waals surface area contributed by atoms with Crippen molar-refractivity contribution >= 4 is 11.8 Å². The largest absolute Gasteiger partial charge is 0.352 e. The van der Waals surface area contributed by atoms with Crippen molar-refractivity contribution in [2.45, 2.75) is 19.9 Å². The summed E-state index contributed by atoms with van der Waals surface area (Å²) in [6.07, 6.45) is 2.13. The second-order valence-electron chi connectivity index (χ2n) is 5.53. The molecule has 0 unspecified atom stereocenters. The monoisotopic (exact) mass is 327 g/mol. The average Bonchev–Trinajstić information content (AvgIpc) is 2.60. The number of H-pyrrole nitrogens is 1.